The highest BCUT2D eigenvalue weighted by atomic mass is 35.5. The number of halogens is 1. The molecule has 0 spiro atoms. The molecule has 1 saturated heterocycles. The minimum absolute atomic E-state index is 0.159. The fraction of sp³-hybridized carbons (Fsp3) is 0.571. The first-order chi connectivity index (χ1) is 8.25. The molecule has 0 amide bonds. The molecular weight excluding hydrogens is 234 g/mol. The predicted molar refractivity (Wildman–Crippen MR) is 71.4 cm³/mol. The predicted octanol–water partition coefficient (Wildman–Crippen LogP) is 2.63. The first-order valence-corrected chi connectivity index (χ1v) is 6.77. The van der Waals surface area contributed by atoms with Crippen LogP contribution >= 0.6 is 11.6 Å². The fourth-order valence-electron chi connectivity index (χ4n) is 2.43. The molecule has 17 heavy (non-hydrogen) atoms. The standard InChI is InChI=1S/C14H20ClNO/c15-13-4-1-11(2-5-13)3-6-14(17)12-7-9-16-10-8-12/h1-2,4-5,12,14,16-17H,3,6-10H2. The van der Waals surface area contributed by atoms with Crippen molar-refractivity contribution in [3.8, 4) is 0 Å². The molecule has 1 fully saturated rings. The zero-order valence-electron chi connectivity index (χ0n) is 10.0. The Hall–Kier alpha value is -0.570. The first kappa shape index (κ1) is 12.9. The molecule has 3 heteroatoms. The second-order valence-electron chi connectivity index (χ2n) is 4.82. The topological polar surface area (TPSA) is 32.3 Å². The van der Waals surface area contributed by atoms with Gasteiger partial charge in [-0.2, -0.15) is 0 Å². The third-order valence-electron chi connectivity index (χ3n) is 3.57. The number of nitrogens with one attached hydrogen (secondary N) is 1. The SMILES string of the molecule is OC(CCc1ccc(Cl)cc1)C1CCNCC1. The van der Waals surface area contributed by atoms with Crippen molar-refractivity contribution in [2.75, 3.05) is 13.1 Å². The van der Waals surface area contributed by atoms with Crippen molar-refractivity contribution in [2.45, 2.75) is 31.8 Å². The van der Waals surface area contributed by atoms with Crippen LogP contribution in [0.25, 0.3) is 0 Å². The molecule has 0 aliphatic carbocycles. The van der Waals surface area contributed by atoms with Gasteiger partial charge in [0.05, 0.1) is 6.10 Å². The summed E-state index contributed by atoms with van der Waals surface area (Å²) < 4.78 is 0. The molecule has 2 N–H and O–H groups in total. The van der Waals surface area contributed by atoms with Crippen LogP contribution in [0.2, 0.25) is 5.02 Å². The highest BCUT2D eigenvalue weighted by molar-refractivity contribution is 6.30. The number of aryl methyl sites for hydroxylation is 1. The normalized spacial score (nSPS) is 19.2. The zero-order valence-corrected chi connectivity index (χ0v) is 10.8. The Morgan fingerprint density at radius 2 is 1.88 bits per heavy atom. The number of aliphatic hydroxyl groups excluding tert-OH is 1. The quantitative estimate of drug-likeness (QED) is 0.865. The number of piperidine rings is 1. The van der Waals surface area contributed by atoms with E-state index in [1.54, 1.807) is 0 Å². The molecule has 1 heterocycles. The Morgan fingerprint density at radius 3 is 2.53 bits per heavy atom. The van der Waals surface area contributed by atoms with Gasteiger partial charge in [0.25, 0.3) is 0 Å². The number of hydrogen-bond acceptors (Lipinski definition) is 2. The lowest BCUT2D eigenvalue weighted by Crippen LogP contribution is -2.34. The number of benzene rings is 1. The maximum atomic E-state index is 10.1. The number of aliphatic hydroxyl groups is 1. The Balaban J connectivity index is 1.78. The molecule has 0 radical (unpaired) electrons. The summed E-state index contributed by atoms with van der Waals surface area (Å²) in [6.45, 7) is 2.09. The van der Waals surface area contributed by atoms with Crippen molar-refractivity contribution in [3.05, 3.63) is 34.9 Å². The van der Waals surface area contributed by atoms with E-state index in [1.165, 1.54) is 5.56 Å². The van der Waals surface area contributed by atoms with Crippen LogP contribution in [0.15, 0.2) is 24.3 Å². The van der Waals surface area contributed by atoms with Gasteiger partial charge < -0.3 is 10.4 Å². The van der Waals surface area contributed by atoms with Gasteiger partial charge in [-0.3, -0.25) is 0 Å². The van der Waals surface area contributed by atoms with E-state index in [0.717, 1.165) is 43.8 Å². The van der Waals surface area contributed by atoms with E-state index >= 15 is 0 Å². The molecule has 0 bridgehead atoms. The van der Waals surface area contributed by atoms with Crippen LogP contribution in [0.4, 0.5) is 0 Å². The lowest BCUT2D eigenvalue weighted by atomic mass is 9.89. The smallest absolute Gasteiger partial charge is 0.0572 e. The van der Waals surface area contributed by atoms with E-state index in [2.05, 4.69) is 5.32 Å². The molecule has 1 aromatic carbocycles. The summed E-state index contributed by atoms with van der Waals surface area (Å²) in [5.41, 5.74) is 1.25. The van der Waals surface area contributed by atoms with Gasteiger partial charge in [0, 0.05) is 5.02 Å². The molecule has 1 atom stereocenters. The van der Waals surface area contributed by atoms with Crippen LogP contribution in [0.3, 0.4) is 0 Å². The Labute approximate surface area is 108 Å². The van der Waals surface area contributed by atoms with Crippen LogP contribution in [0, 0.1) is 5.92 Å². The minimum atomic E-state index is -0.159. The fourth-order valence-corrected chi connectivity index (χ4v) is 2.56. The highest BCUT2D eigenvalue weighted by Gasteiger charge is 2.20. The summed E-state index contributed by atoms with van der Waals surface area (Å²) in [5.74, 6) is 0.476. The largest absolute Gasteiger partial charge is 0.393 e. The van der Waals surface area contributed by atoms with Gasteiger partial charge in [0.15, 0.2) is 0 Å². The van der Waals surface area contributed by atoms with Gasteiger partial charge in [0.1, 0.15) is 0 Å². The summed E-state index contributed by atoms with van der Waals surface area (Å²) in [5, 5.41) is 14.2. The molecule has 1 aromatic rings. The maximum Gasteiger partial charge on any atom is 0.0572 e. The number of hydrogen-bond donors (Lipinski definition) is 2. The molecule has 0 aromatic heterocycles. The average molecular weight is 254 g/mol. The van der Waals surface area contributed by atoms with Crippen LogP contribution < -0.4 is 5.32 Å². The van der Waals surface area contributed by atoms with E-state index in [1.807, 2.05) is 24.3 Å². The van der Waals surface area contributed by atoms with Gasteiger partial charge in [-0.25, -0.2) is 0 Å². The lowest BCUT2D eigenvalue weighted by molar-refractivity contribution is 0.0813. The van der Waals surface area contributed by atoms with Gasteiger partial charge in [-0.05, 0) is 62.4 Å². The zero-order chi connectivity index (χ0) is 12.1. The van der Waals surface area contributed by atoms with Crippen LogP contribution in [-0.4, -0.2) is 24.3 Å². The molecule has 1 unspecified atom stereocenters. The number of rotatable bonds is 4. The minimum Gasteiger partial charge on any atom is -0.393 e. The maximum absolute atomic E-state index is 10.1. The second kappa shape index (κ2) is 6.39. The summed E-state index contributed by atoms with van der Waals surface area (Å²) in [7, 11) is 0. The molecule has 2 nitrogen and oxygen atoms in total. The summed E-state index contributed by atoms with van der Waals surface area (Å²) in [6, 6.07) is 7.90. The van der Waals surface area contributed by atoms with Gasteiger partial charge in [-0.1, -0.05) is 23.7 Å². The van der Waals surface area contributed by atoms with Crippen molar-refractivity contribution in [2.24, 2.45) is 5.92 Å². The van der Waals surface area contributed by atoms with E-state index in [-0.39, 0.29) is 6.10 Å². The lowest BCUT2D eigenvalue weighted by Gasteiger charge is -2.27. The third-order valence-corrected chi connectivity index (χ3v) is 3.82. The van der Waals surface area contributed by atoms with Gasteiger partial charge >= 0.3 is 0 Å². The monoisotopic (exact) mass is 253 g/mol. The summed E-state index contributed by atoms with van der Waals surface area (Å²) in [4.78, 5) is 0. The Morgan fingerprint density at radius 1 is 1.24 bits per heavy atom. The van der Waals surface area contributed by atoms with Crippen LogP contribution in [0.5, 0.6) is 0 Å². The average Bonchev–Trinajstić information content (AvgIpc) is 2.39. The molecule has 94 valence electrons. The Kier molecular flexibility index (Phi) is 4.84. The van der Waals surface area contributed by atoms with E-state index < -0.39 is 0 Å². The summed E-state index contributed by atoms with van der Waals surface area (Å²) in [6.07, 6.45) is 3.82. The van der Waals surface area contributed by atoms with Crippen molar-refractivity contribution in [1.29, 1.82) is 0 Å². The third kappa shape index (κ3) is 3.98. The van der Waals surface area contributed by atoms with Crippen molar-refractivity contribution in [3.63, 3.8) is 0 Å². The summed E-state index contributed by atoms with van der Waals surface area (Å²) >= 11 is 5.84. The van der Waals surface area contributed by atoms with Crippen LogP contribution in [-0.2, 0) is 6.42 Å². The first-order valence-electron chi connectivity index (χ1n) is 6.39. The van der Waals surface area contributed by atoms with Gasteiger partial charge in [-0.15, -0.1) is 0 Å². The molecule has 1 aliphatic heterocycles. The van der Waals surface area contributed by atoms with E-state index in [0.29, 0.717) is 5.92 Å². The van der Waals surface area contributed by atoms with Gasteiger partial charge in [0.2, 0.25) is 0 Å². The highest BCUT2D eigenvalue weighted by Crippen LogP contribution is 2.20. The van der Waals surface area contributed by atoms with Crippen molar-refractivity contribution >= 4 is 11.6 Å². The van der Waals surface area contributed by atoms with E-state index in [9.17, 15) is 5.11 Å². The molecule has 2 rings (SSSR count). The molecular formula is C14H20ClNO. The van der Waals surface area contributed by atoms with E-state index in [4.69, 9.17) is 11.6 Å². The molecule has 1 aliphatic rings. The molecule has 0 saturated carbocycles. The van der Waals surface area contributed by atoms with Crippen molar-refractivity contribution in [1.82, 2.24) is 5.32 Å². The Bertz CT molecular complexity index is 333. The second-order valence-corrected chi connectivity index (χ2v) is 5.26. The van der Waals surface area contributed by atoms with Crippen molar-refractivity contribution < 1.29 is 5.11 Å². The van der Waals surface area contributed by atoms with Crippen LogP contribution in [0.1, 0.15) is 24.8 Å².